The van der Waals surface area contributed by atoms with E-state index in [2.05, 4.69) is 44.1 Å². The maximum atomic E-state index is 4.02. The largest absolute Gasteiger partial charge is 0.265 e. The minimum atomic E-state index is 0.587. The summed E-state index contributed by atoms with van der Waals surface area (Å²) < 4.78 is 0. The molecule has 0 fully saturated rings. The monoisotopic (exact) mass is 201 g/mol. The number of hydrogen-bond donors (Lipinski definition) is 0. The molecule has 0 N–H and O–H groups in total. The Kier molecular flexibility index (Phi) is 4.29. The Hall–Kier alpha value is -1.37. The zero-order valence-electron chi connectivity index (χ0n) is 9.66. The highest BCUT2D eigenvalue weighted by Gasteiger charge is 2.09. The molecule has 0 aromatic carbocycles. The van der Waals surface area contributed by atoms with E-state index >= 15 is 0 Å². The van der Waals surface area contributed by atoms with Crippen LogP contribution in [-0.4, -0.2) is 6.21 Å². The van der Waals surface area contributed by atoms with Crippen molar-refractivity contribution in [3.8, 4) is 0 Å². The summed E-state index contributed by atoms with van der Waals surface area (Å²) in [5, 5.41) is 0. The standard InChI is InChI=1S/C14H19N/c1-5-15-10-12(4)14-8-6-7-13(9-14)11(2)3/h5,7,9-11H,1,4,6,8H2,2-3H3. The zero-order valence-corrected chi connectivity index (χ0v) is 9.66. The van der Waals surface area contributed by atoms with Crippen LogP contribution in [0, 0.1) is 5.92 Å². The normalized spacial score (nSPS) is 16.5. The molecule has 1 nitrogen and oxygen atoms in total. The molecule has 0 aromatic heterocycles. The van der Waals surface area contributed by atoms with Crippen molar-refractivity contribution in [3.05, 3.63) is 48.2 Å². The van der Waals surface area contributed by atoms with Gasteiger partial charge in [0, 0.05) is 12.4 Å². The van der Waals surface area contributed by atoms with Crippen LogP contribution in [0.15, 0.2) is 53.2 Å². The Labute approximate surface area is 92.6 Å². The van der Waals surface area contributed by atoms with Gasteiger partial charge in [0.2, 0.25) is 0 Å². The van der Waals surface area contributed by atoms with E-state index < -0.39 is 0 Å². The Morgan fingerprint density at radius 2 is 2.27 bits per heavy atom. The third-order valence-electron chi connectivity index (χ3n) is 2.55. The second-order valence-corrected chi connectivity index (χ2v) is 4.05. The fourth-order valence-electron chi connectivity index (χ4n) is 1.61. The Balaban J connectivity index is 2.79. The van der Waals surface area contributed by atoms with Crippen LogP contribution >= 0.6 is 0 Å². The average molecular weight is 201 g/mol. The molecule has 0 aliphatic heterocycles. The predicted octanol–water partition coefficient (Wildman–Crippen LogP) is 4.06. The van der Waals surface area contributed by atoms with Crippen molar-refractivity contribution in [2.24, 2.45) is 10.9 Å². The number of rotatable bonds is 4. The minimum absolute atomic E-state index is 0.587. The van der Waals surface area contributed by atoms with E-state index in [0.717, 1.165) is 18.4 Å². The molecule has 0 saturated heterocycles. The topological polar surface area (TPSA) is 12.4 Å². The van der Waals surface area contributed by atoms with Gasteiger partial charge in [-0.1, -0.05) is 39.2 Å². The summed E-state index contributed by atoms with van der Waals surface area (Å²) in [4.78, 5) is 4.00. The first-order chi connectivity index (χ1) is 7.15. The van der Waals surface area contributed by atoms with E-state index in [1.807, 2.05) is 0 Å². The van der Waals surface area contributed by atoms with Gasteiger partial charge in [-0.15, -0.1) is 0 Å². The van der Waals surface area contributed by atoms with Crippen LogP contribution in [0.25, 0.3) is 0 Å². The Morgan fingerprint density at radius 1 is 1.53 bits per heavy atom. The number of hydrogen-bond acceptors (Lipinski definition) is 1. The molecule has 15 heavy (non-hydrogen) atoms. The summed E-state index contributed by atoms with van der Waals surface area (Å²) in [5.74, 6) is 0.587. The van der Waals surface area contributed by atoms with Crippen molar-refractivity contribution in [1.29, 1.82) is 0 Å². The lowest BCUT2D eigenvalue weighted by molar-refractivity contribution is 0.768. The molecule has 0 spiro atoms. The molecular weight excluding hydrogens is 182 g/mol. The second-order valence-electron chi connectivity index (χ2n) is 4.05. The molecule has 0 aromatic rings. The lowest BCUT2D eigenvalue weighted by Crippen LogP contribution is -2.00. The second kappa shape index (κ2) is 5.50. The average Bonchev–Trinajstić information content (AvgIpc) is 2.26. The predicted molar refractivity (Wildman–Crippen MR) is 68.1 cm³/mol. The summed E-state index contributed by atoms with van der Waals surface area (Å²) in [6.45, 7) is 12.0. The van der Waals surface area contributed by atoms with Crippen LogP contribution in [0.5, 0.6) is 0 Å². The highest BCUT2D eigenvalue weighted by atomic mass is 14.7. The van der Waals surface area contributed by atoms with Gasteiger partial charge in [-0.25, -0.2) is 0 Å². The van der Waals surface area contributed by atoms with Crippen LogP contribution in [0.1, 0.15) is 26.7 Å². The van der Waals surface area contributed by atoms with Crippen molar-refractivity contribution < 1.29 is 0 Å². The maximum Gasteiger partial charge on any atom is 0.0336 e. The van der Waals surface area contributed by atoms with Gasteiger partial charge < -0.3 is 0 Å². The fraction of sp³-hybridized carbons (Fsp3) is 0.357. The third-order valence-corrected chi connectivity index (χ3v) is 2.55. The Morgan fingerprint density at radius 3 is 2.87 bits per heavy atom. The van der Waals surface area contributed by atoms with Gasteiger partial charge in [0.1, 0.15) is 0 Å². The van der Waals surface area contributed by atoms with Crippen molar-refractivity contribution in [3.63, 3.8) is 0 Å². The molecule has 0 heterocycles. The molecule has 1 aliphatic carbocycles. The number of allylic oxidation sites excluding steroid dienone is 5. The fourth-order valence-corrected chi connectivity index (χ4v) is 1.61. The lowest BCUT2D eigenvalue weighted by atomic mass is 9.90. The van der Waals surface area contributed by atoms with Gasteiger partial charge in [0.15, 0.2) is 0 Å². The quantitative estimate of drug-likeness (QED) is 0.608. The molecule has 0 radical (unpaired) electrons. The van der Waals surface area contributed by atoms with Crippen LogP contribution in [0.3, 0.4) is 0 Å². The van der Waals surface area contributed by atoms with E-state index in [4.69, 9.17) is 0 Å². The summed E-state index contributed by atoms with van der Waals surface area (Å²) in [6.07, 6.45) is 10.0. The molecule has 1 aliphatic rings. The van der Waals surface area contributed by atoms with Gasteiger partial charge in [-0.2, -0.15) is 0 Å². The lowest BCUT2D eigenvalue weighted by Gasteiger charge is -2.16. The van der Waals surface area contributed by atoms with Crippen molar-refractivity contribution in [2.75, 3.05) is 0 Å². The van der Waals surface area contributed by atoms with Gasteiger partial charge in [0.25, 0.3) is 0 Å². The van der Waals surface area contributed by atoms with E-state index in [9.17, 15) is 0 Å². The molecule has 1 heteroatoms. The molecule has 1 rings (SSSR count). The van der Waals surface area contributed by atoms with Crippen LogP contribution in [-0.2, 0) is 0 Å². The molecule has 0 atom stereocenters. The SMILES string of the molecule is C=CN=CC(=C)C1=CC(C(C)C)=CCC1. The van der Waals surface area contributed by atoms with Gasteiger partial charge in [0.05, 0.1) is 0 Å². The molecule has 0 saturated carbocycles. The van der Waals surface area contributed by atoms with E-state index in [0.29, 0.717) is 5.92 Å². The summed E-state index contributed by atoms with van der Waals surface area (Å²) in [7, 11) is 0. The molecule has 0 bridgehead atoms. The zero-order chi connectivity index (χ0) is 11.3. The number of aliphatic imine (C=N–C) groups is 1. The van der Waals surface area contributed by atoms with Crippen LogP contribution in [0.4, 0.5) is 0 Å². The van der Waals surface area contributed by atoms with Crippen LogP contribution in [0.2, 0.25) is 0 Å². The first-order valence-corrected chi connectivity index (χ1v) is 5.39. The molecular formula is C14H19N. The maximum absolute atomic E-state index is 4.02. The Bertz CT molecular complexity index is 340. The summed E-state index contributed by atoms with van der Waals surface area (Å²) in [6, 6.07) is 0. The van der Waals surface area contributed by atoms with Crippen LogP contribution < -0.4 is 0 Å². The summed E-state index contributed by atoms with van der Waals surface area (Å²) >= 11 is 0. The third kappa shape index (κ3) is 3.35. The van der Waals surface area contributed by atoms with E-state index in [1.165, 1.54) is 17.3 Å². The van der Waals surface area contributed by atoms with Crippen molar-refractivity contribution >= 4 is 6.21 Å². The smallest absolute Gasteiger partial charge is 0.0336 e. The summed E-state index contributed by atoms with van der Waals surface area (Å²) in [5.41, 5.74) is 3.71. The number of nitrogens with zero attached hydrogens (tertiary/aromatic N) is 1. The van der Waals surface area contributed by atoms with E-state index in [1.54, 1.807) is 6.21 Å². The van der Waals surface area contributed by atoms with Crippen molar-refractivity contribution in [2.45, 2.75) is 26.7 Å². The van der Waals surface area contributed by atoms with E-state index in [-0.39, 0.29) is 0 Å². The minimum Gasteiger partial charge on any atom is -0.265 e. The van der Waals surface area contributed by atoms with Gasteiger partial charge >= 0.3 is 0 Å². The van der Waals surface area contributed by atoms with Gasteiger partial charge in [-0.05, 0) is 35.5 Å². The first kappa shape index (κ1) is 11.7. The van der Waals surface area contributed by atoms with Crippen molar-refractivity contribution in [1.82, 2.24) is 0 Å². The first-order valence-electron chi connectivity index (χ1n) is 5.39. The highest BCUT2D eigenvalue weighted by molar-refractivity contribution is 5.84. The highest BCUT2D eigenvalue weighted by Crippen LogP contribution is 2.25. The molecule has 0 unspecified atom stereocenters. The van der Waals surface area contributed by atoms with Gasteiger partial charge in [-0.3, -0.25) is 4.99 Å². The molecule has 80 valence electrons. The molecule has 0 amide bonds.